The molecule has 0 bridgehead atoms. The molecule has 30 heavy (non-hydrogen) atoms. The minimum atomic E-state index is -1.13. The molecule has 4 atom stereocenters. The molecule has 0 saturated carbocycles. The van der Waals surface area contributed by atoms with E-state index in [-0.39, 0.29) is 18.3 Å². The van der Waals surface area contributed by atoms with Crippen LogP contribution in [0.4, 0.5) is 0 Å². The Hall–Kier alpha value is -1.81. The van der Waals surface area contributed by atoms with Crippen LogP contribution in [0.25, 0.3) is 0 Å². The van der Waals surface area contributed by atoms with E-state index in [0.717, 1.165) is 0 Å². The van der Waals surface area contributed by atoms with Crippen molar-refractivity contribution in [3.05, 3.63) is 0 Å². The topological polar surface area (TPSA) is 151 Å². The van der Waals surface area contributed by atoms with Gasteiger partial charge in [-0.25, -0.2) is 4.79 Å². The zero-order valence-electron chi connectivity index (χ0n) is 18.9. The van der Waals surface area contributed by atoms with Crippen molar-refractivity contribution >= 4 is 35.5 Å². The molecule has 0 fully saturated rings. The van der Waals surface area contributed by atoms with Gasteiger partial charge >= 0.3 is 5.97 Å². The fraction of sp³-hybridized carbons (Fsp3) is 0.800. The summed E-state index contributed by atoms with van der Waals surface area (Å²) in [5.41, 5.74) is 5.90. The van der Waals surface area contributed by atoms with Gasteiger partial charge < -0.3 is 26.8 Å². The molecule has 0 unspecified atom stereocenters. The molecular weight excluding hydrogens is 408 g/mol. The molecule has 9 nitrogen and oxygen atoms in total. The molecule has 0 aliphatic heterocycles. The number of thioether (sulfide) groups is 1. The molecule has 0 rings (SSSR count). The molecule has 0 aromatic rings. The van der Waals surface area contributed by atoms with Crippen LogP contribution in [0.3, 0.4) is 0 Å². The smallest absolute Gasteiger partial charge is 0.326 e. The highest BCUT2D eigenvalue weighted by atomic mass is 32.2. The molecule has 0 aliphatic rings. The van der Waals surface area contributed by atoms with Gasteiger partial charge in [0.15, 0.2) is 0 Å². The molecule has 0 heterocycles. The van der Waals surface area contributed by atoms with Gasteiger partial charge in [0, 0.05) is 0 Å². The Balaban J connectivity index is 5.01. The van der Waals surface area contributed by atoms with Crippen molar-refractivity contribution in [2.75, 3.05) is 12.0 Å². The average molecular weight is 447 g/mol. The molecule has 0 aromatic heterocycles. The number of hydrogen-bond acceptors (Lipinski definition) is 6. The number of carbonyl (C=O) groups is 4. The normalized spacial score (nSPS) is 15.2. The monoisotopic (exact) mass is 446 g/mol. The fourth-order valence-corrected chi connectivity index (χ4v) is 3.24. The number of aliphatic carboxylic acids is 1. The summed E-state index contributed by atoms with van der Waals surface area (Å²) >= 11 is 1.53. The number of nitrogens with two attached hydrogens (primary N) is 1. The quantitative estimate of drug-likeness (QED) is 0.264. The van der Waals surface area contributed by atoms with Gasteiger partial charge in [0.1, 0.15) is 18.1 Å². The zero-order chi connectivity index (χ0) is 23.4. The summed E-state index contributed by atoms with van der Waals surface area (Å²) in [5, 5.41) is 17.0. The highest BCUT2D eigenvalue weighted by molar-refractivity contribution is 7.98. The summed E-state index contributed by atoms with van der Waals surface area (Å²) in [4.78, 5) is 48.7. The molecule has 0 saturated heterocycles. The Labute approximate surface area is 183 Å². The second-order valence-electron chi connectivity index (χ2n) is 8.34. The van der Waals surface area contributed by atoms with Crippen molar-refractivity contribution in [3.8, 4) is 0 Å². The molecule has 6 N–H and O–H groups in total. The minimum absolute atomic E-state index is 0.0810. The number of carboxylic acids is 1. The van der Waals surface area contributed by atoms with Crippen LogP contribution in [0.15, 0.2) is 0 Å². The standard InChI is InChI=1S/C20H38N4O5S/c1-11(2)9-14(21)18(26)23-15(7-8-30-6)19(27)22-13(5)17(25)24-16(20(28)29)10-12(3)4/h11-16H,7-10,21H2,1-6H3,(H,22,27)(H,23,26)(H,24,25)(H,28,29)/t13-,14-,15-,16-/m0/s1. The zero-order valence-corrected chi connectivity index (χ0v) is 19.7. The first kappa shape index (κ1) is 28.2. The van der Waals surface area contributed by atoms with Crippen molar-refractivity contribution in [1.29, 1.82) is 0 Å². The van der Waals surface area contributed by atoms with Crippen molar-refractivity contribution in [3.63, 3.8) is 0 Å². The van der Waals surface area contributed by atoms with Gasteiger partial charge in [-0.2, -0.15) is 11.8 Å². The van der Waals surface area contributed by atoms with Crippen LogP contribution in [0, 0.1) is 11.8 Å². The molecule has 0 radical (unpaired) electrons. The lowest BCUT2D eigenvalue weighted by molar-refractivity contribution is -0.142. The summed E-state index contributed by atoms with van der Waals surface area (Å²) in [6.07, 6.45) is 3.04. The van der Waals surface area contributed by atoms with Crippen molar-refractivity contribution in [2.45, 2.75) is 78.0 Å². The average Bonchev–Trinajstić information content (AvgIpc) is 2.62. The predicted octanol–water partition coefficient (Wildman–Crippen LogP) is 0.718. The predicted molar refractivity (Wildman–Crippen MR) is 119 cm³/mol. The highest BCUT2D eigenvalue weighted by Gasteiger charge is 2.28. The van der Waals surface area contributed by atoms with Crippen molar-refractivity contribution in [2.24, 2.45) is 17.6 Å². The van der Waals surface area contributed by atoms with E-state index in [1.54, 1.807) is 0 Å². The first-order valence-electron chi connectivity index (χ1n) is 10.3. The van der Waals surface area contributed by atoms with Crippen LogP contribution in [0.5, 0.6) is 0 Å². The minimum Gasteiger partial charge on any atom is -0.480 e. The van der Waals surface area contributed by atoms with E-state index in [2.05, 4.69) is 16.0 Å². The van der Waals surface area contributed by atoms with Crippen molar-refractivity contribution in [1.82, 2.24) is 16.0 Å². The van der Waals surface area contributed by atoms with E-state index in [1.165, 1.54) is 18.7 Å². The maximum Gasteiger partial charge on any atom is 0.326 e. The number of carboxylic acid groups (broad SMARTS) is 1. The largest absolute Gasteiger partial charge is 0.480 e. The second-order valence-corrected chi connectivity index (χ2v) is 9.32. The van der Waals surface area contributed by atoms with Gasteiger partial charge in [0.25, 0.3) is 0 Å². The summed E-state index contributed by atoms with van der Waals surface area (Å²) < 4.78 is 0. The molecule has 0 aliphatic carbocycles. The van der Waals surface area contributed by atoms with Gasteiger partial charge in [-0.3, -0.25) is 14.4 Å². The Kier molecular flexibility index (Phi) is 13.4. The van der Waals surface area contributed by atoms with E-state index >= 15 is 0 Å². The lowest BCUT2D eigenvalue weighted by Gasteiger charge is -2.24. The number of hydrogen-bond donors (Lipinski definition) is 5. The van der Waals surface area contributed by atoms with Gasteiger partial charge in [0.2, 0.25) is 17.7 Å². The van der Waals surface area contributed by atoms with Gasteiger partial charge in [-0.05, 0) is 50.0 Å². The summed E-state index contributed by atoms with van der Waals surface area (Å²) in [5.74, 6) is -1.69. The van der Waals surface area contributed by atoms with Crippen LogP contribution >= 0.6 is 11.8 Å². The Bertz CT molecular complexity index is 586. The third-order valence-corrected chi connectivity index (χ3v) is 5.02. The third-order valence-electron chi connectivity index (χ3n) is 4.38. The lowest BCUT2D eigenvalue weighted by Crippen LogP contribution is -2.56. The molecular formula is C20H38N4O5S. The highest BCUT2D eigenvalue weighted by Crippen LogP contribution is 2.07. The van der Waals surface area contributed by atoms with E-state index in [9.17, 15) is 24.3 Å². The summed E-state index contributed by atoms with van der Waals surface area (Å²) in [6, 6.07) is -3.53. The SMILES string of the molecule is CSCC[C@H](NC(=O)[C@@H](N)CC(C)C)C(=O)N[C@@H](C)C(=O)N[C@@H](CC(C)C)C(=O)O. The van der Waals surface area contributed by atoms with Crippen LogP contribution in [0.1, 0.15) is 53.9 Å². The van der Waals surface area contributed by atoms with E-state index < -0.39 is 47.9 Å². The fourth-order valence-electron chi connectivity index (χ4n) is 2.77. The Morgan fingerprint density at radius 3 is 1.83 bits per heavy atom. The number of rotatable bonds is 14. The van der Waals surface area contributed by atoms with Gasteiger partial charge in [0.05, 0.1) is 6.04 Å². The first-order valence-corrected chi connectivity index (χ1v) is 11.7. The molecule has 10 heteroatoms. The first-order chi connectivity index (χ1) is 13.9. The van der Waals surface area contributed by atoms with Gasteiger partial charge in [-0.1, -0.05) is 27.7 Å². The van der Waals surface area contributed by atoms with E-state index in [4.69, 9.17) is 5.73 Å². The third kappa shape index (κ3) is 11.4. The van der Waals surface area contributed by atoms with Gasteiger partial charge in [-0.15, -0.1) is 0 Å². The molecule has 0 aromatic carbocycles. The van der Waals surface area contributed by atoms with Crippen LogP contribution in [0.2, 0.25) is 0 Å². The van der Waals surface area contributed by atoms with Crippen LogP contribution in [-0.2, 0) is 19.2 Å². The number of carbonyl (C=O) groups excluding carboxylic acids is 3. The number of amides is 3. The molecule has 0 spiro atoms. The molecule has 174 valence electrons. The van der Waals surface area contributed by atoms with Crippen LogP contribution < -0.4 is 21.7 Å². The van der Waals surface area contributed by atoms with E-state index in [1.807, 2.05) is 34.0 Å². The van der Waals surface area contributed by atoms with Crippen molar-refractivity contribution < 1.29 is 24.3 Å². The number of nitrogens with one attached hydrogen (secondary N) is 3. The summed E-state index contributed by atoms with van der Waals surface area (Å²) in [7, 11) is 0. The maximum absolute atomic E-state index is 12.7. The molecule has 3 amide bonds. The van der Waals surface area contributed by atoms with Crippen LogP contribution in [-0.4, -0.2) is 65.0 Å². The Morgan fingerprint density at radius 1 is 0.833 bits per heavy atom. The maximum atomic E-state index is 12.7. The Morgan fingerprint density at radius 2 is 1.37 bits per heavy atom. The lowest BCUT2D eigenvalue weighted by atomic mass is 10.0. The second kappa shape index (κ2) is 14.2. The summed E-state index contributed by atoms with van der Waals surface area (Å²) in [6.45, 7) is 9.09. The van der Waals surface area contributed by atoms with E-state index in [0.29, 0.717) is 18.6 Å².